The highest BCUT2D eigenvalue weighted by Gasteiger charge is 2.30. The van der Waals surface area contributed by atoms with Gasteiger partial charge in [0.05, 0.1) is 15.2 Å². The summed E-state index contributed by atoms with van der Waals surface area (Å²) in [6.45, 7) is 0. The van der Waals surface area contributed by atoms with Crippen molar-refractivity contribution in [2.24, 2.45) is 3.15 Å². The van der Waals surface area contributed by atoms with Crippen LogP contribution in [0.5, 0.6) is 0 Å². The fourth-order valence-electron chi connectivity index (χ4n) is 3.78. The van der Waals surface area contributed by atoms with Crippen LogP contribution in [-0.4, -0.2) is 20.8 Å². The van der Waals surface area contributed by atoms with E-state index in [4.69, 9.17) is 5.21 Å². The third-order valence-electron chi connectivity index (χ3n) is 5.54. The maximum Gasteiger partial charge on any atom is 0.416 e. The molecule has 1 aliphatic rings. The van der Waals surface area contributed by atoms with E-state index in [0.29, 0.717) is 35.2 Å². The smallest absolute Gasteiger partial charge is 0.293 e. The number of benzene rings is 3. The van der Waals surface area contributed by atoms with E-state index in [1.165, 1.54) is 18.2 Å². The van der Waals surface area contributed by atoms with E-state index in [2.05, 4.69) is 3.15 Å². The van der Waals surface area contributed by atoms with E-state index in [1.54, 1.807) is 23.7 Å². The molecule has 1 amide bonds. The lowest BCUT2D eigenvalue weighted by atomic mass is 9.97. The first-order valence-electron chi connectivity index (χ1n) is 10.5. The molecular weight excluding hydrogens is 560 g/mol. The van der Waals surface area contributed by atoms with Gasteiger partial charge in [0.15, 0.2) is 5.78 Å². The van der Waals surface area contributed by atoms with Crippen LogP contribution in [0.25, 0.3) is 11.1 Å². The van der Waals surface area contributed by atoms with Gasteiger partial charge in [0, 0.05) is 32.2 Å². The molecular formula is C25H20F3IN2O3. The average Bonchev–Trinajstić information content (AvgIpc) is 2.84. The van der Waals surface area contributed by atoms with Crippen LogP contribution in [0.3, 0.4) is 0 Å². The first-order valence-corrected chi connectivity index (χ1v) is 12.7. The second kappa shape index (κ2) is 10.1. The lowest BCUT2D eigenvalue weighted by molar-refractivity contribution is -0.137. The first kappa shape index (κ1) is 24.2. The van der Waals surface area contributed by atoms with Gasteiger partial charge in [-0.05, 0) is 66.3 Å². The van der Waals surface area contributed by atoms with Crippen molar-refractivity contribution in [2.75, 3.05) is 0 Å². The van der Waals surface area contributed by atoms with Crippen molar-refractivity contribution in [3.8, 4) is 11.1 Å². The minimum Gasteiger partial charge on any atom is -0.293 e. The highest BCUT2D eigenvalue weighted by Crippen LogP contribution is 2.37. The Labute approximate surface area is 204 Å². The Bertz CT molecular complexity index is 1270. The Kier molecular flexibility index (Phi) is 7.22. The number of ketones is 1. The molecule has 0 radical (unpaired) electrons. The van der Waals surface area contributed by atoms with Crippen LogP contribution in [0, 0.1) is 0 Å². The number of carbonyl (C=O) groups excluding carboxylic acids is 2. The SMILES string of the molecule is O=C(NO)c1ccc2c(c1)C(=O)C(CCCc1cccc(-c3cccc(C(F)(F)F)c3)c1)I=N2. The number of alkyl halides is 4. The summed E-state index contributed by atoms with van der Waals surface area (Å²) in [7, 11) is 0. The second-order valence-electron chi connectivity index (χ2n) is 7.86. The summed E-state index contributed by atoms with van der Waals surface area (Å²) in [5, 5.41) is 8.82. The van der Waals surface area contributed by atoms with Crippen LogP contribution >= 0.6 is 21.0 Å². The minimum atomic E-state index is -4.39. The van der Waals surface area contributed by atoms with Crippen LogP contribution in [0.2, 0.25) is 0 Å². The van der Waals surface area contributed by atoms with Gasteiger partial charge >= 0.3 is 6.18 Å². The number of fused-ring (bicyclic) bond motifs is 1. The van der Waals surface area contributed by atoms with Gasteiger partial charge in [0.25, 0.3) is 5.91 Å². The van der Waals surface area contributed by atoms with Crippen molar-refractivity contribution >= 4 is 38.4 Å². The molecule has 1 aliphatic heterocycles. The average molecular weight is 580 g/mol. The fraction of sp³-hybridized carbons (Fsp3) is 0.200. The zero-order valence-electron chi connectivity index (χ0n) is 17.8. The number of Topliss-reactive ketones (excluding diaryl/α,β-unsaturated/α-hetero) is 1. The molecule has 9 heteroatoms. The predicted molar refractivity (Wildman–Crippen MR) is 130 cm³/mol. The maximum atomic E-state index is 13.0. The van der Waals surface area contributed by atoms with Gasteiger partial charge < -0.3 is 0 Å². The molecule has 1 atom stereocenters. The molecule has 3 aromatic rings. The summed E-state index contributed by atoms with van der Waals surface area (Å²) in [4.78, 5) is 24.6. The molecule has 0 aliphatic carbocycles. The number of nitrogens with zero attached hydrogens (tertiary/aromatic N) is 1. The number of rotatable bonds is 6. The Morgan fingerprint density at radius 1 is 1.03 bits per heavy atom. The van der Waals surface area contributed by atoms with Crippen LogP contribution in [-0.2, 0) is 12.6 Å². The number of carbonyl (C=O) groups is 2. The monoisotopic (exact) mass is 580 g/mol. The predicted octanol–water partition coefficient (Wildman–Crippen LogP) is 6.87. The lowest BCUT2D eigenvalue weighted by Crippen LogP contribution is -2.21. The van der Waals surface area contributed by atoms with Crippen LogP contribution in [0.15, 0.2) is 69.9 Å². The summed E-state index contributed by atoms with van der Waals surface area (Å²) in [6.07, 6.45) is -2.35. The highest BCUT2D eigenvalue weighted by molar-refractivity contribution is 14.2. The Hall–Kier alpha value is -2.92. The van der Waals surface area contributed by atoms with E-state index in [1.807, 2.05) is 18.2 Å². The molecule has 176 valence electrons. The Balaban J connectivity index is 1.42. The van der Waals surface area contributed by atoms with E-state index < -0.39 is 38.7 Å². The maximum absolute atomic E-state index is 13.0. The van der Waals surface area contributed by atoms with Gasteiger partial charge in [0.1, 0.15) is 0 Å². The quantitative estimate of drug-likeness (QED) is 0.145. The lowest BCUT2D eigenvalue weighted by Gasteiger charge is -2.17. The molecule has 0 saturated heterocycles. The zero-order valence-corrected chi connectivity index (χ0v) is 19.9. The van der Waals surface area contributed by atoms with Gasteiger partial charge in [-0.1, -0.05) is 36.4 Å². The molecule has 4 rings (SSSR count). The van der Waals surface area contributed by atoms with Crippen LogP contribution in [0.4, 0.5) is 18.9 Å². The van der Waals surface area contributed by atoms with E-state index in [0.717, 1.165) is 24.1 Å². The molecule has 5 nitrogen and oxygen atoms in total. The second-order valence-corrected chi connectivity index (χ2v) is 10.4. The van der Waals surface area contributed by atoms with E-state index in [-0.39, 0.29) is 15.3 Å². The van der Waals surface area contributed by atoms with E-state index >= 15 is 0 Å². The summed E-state index contributed by atoms with van der Waals surface area (Å²) in [5.74, 6) is -0.726. The van der Waals surface area contributed by atoms with Crippen molar-refractivity contribution in [1.29, 1.82) is 0 Å². The molecule has 3 aromatic carbocycles. The molecule has 0 aromatic heterocycles. The van der Waals surface area contributed by atoms with Crippen LogP contribution in [0.1, 0.15) is 44.7 Å². The molecule has 0 fully saturated rings. The summed E-state index contributed by atoms with van der Waals surface area (Å²) in [6, 6.07) is 17.3. The van der Waals surface area contributed by atoms with Crippen molar-refractivity contribution < 1.29 is 28.0 Å². The first-order chi connectivity index (χ1) is 16.3. The third-order valence-corrected chi connectivity index (χ3v) is 8.20. The molecule has 1 heterocycles. The summed E-state index contributed by atoms with van der Waals surface area (Å²) >= 11 is -0.732. The number of hydrogen-bond donors (Lipinski definition) is 2. The summed E-state index contributed by atoms with van der Waals surface area (Å²) in [5.41, 5.74) is 4.24. The van der Waals surface area contributed by atoms with Crippen molar-refractivity contribution in [2.45, 2.75) is 29.4 Å². The highest BCUT2D eigenvalue weighted by atomic mass is 127. The number of hydroxylamine groups is 1. The molecule has 1 unspecified atom stereocenters. The molecule has 2 N–H and O–H groups in total. The van der Waals surface area contributed by atoms with Gasteiger partial charge in [0.2, 0.25) is 0 Å². The van der Waals surface area contributed by atoms with Gasteiger partial charge in [-0.2, -0.15) is 13.2 Å². The molecule has 0 bridgehead atoms. The number of halogens is 4. The topological polar surface area (TPSA) is 78.8 Å². The van der Waals surface area contributed by atoms with Crippen molar-refractivity contribution in [3.63, 3.8) is 0 Å². The van der Waals surface area contributed by atoms with E-state index in [9.17, 15) is 22.8 Å². The largest absolute Gasteiger partial charge is 0.416 e. The van der Waals surface area contributed by atoms with Gasteiger partial charge in [-0.25, -0.2) is 8.63 Å². The number of nitrogens with one attached hydrogen (secondary N) is 1. The number of hydrogen-bond acceptors (Lipinski definition) is 4. The number of aryl methyl sites for hydroxylation is 1. The van der Waals surface area contributed by atoms with Gasteiger partial charge in [-0.15, -0.1) is 0 Å². The minimum absolute atomic E-state index is 0.0388. The van der Waals surface area contributed by atoms with Crippen LogP contribution < -0.4 is 5.48 Å². The molecule has 0 spiro atoms. The Morgan fingerprint density at radius 3 is 2.50 bits per heavy atom. The fourth-order valence-corrected chi connectivity index (χ4v) is 6.15. The number of amides is 1. The molecule has 34 heavy (non-hydrogen) atoms. The zero-order chi connectivity index (χ0) is 24.3. The van der Waals surface area contributed by atoms with Crippen molar-refractivity contribution in [1.82, 2.24) is 5.48 Å². The Morgan fingerprint density at radius 2 is 1.76 bits per heavy atom. The van der Waals surface area contributed by atoms with Crippen molar-refractivity contribution in [3.05, 3.63) is 89.0 Å². The van der Waals surface area contributed by atoms with Gasteiger partial charge in [-0.3, -0.25) is 14.8 Å². The standard InChI is InChI=1S/C25H20F3IN2O3/c26-25(27,28)19-8-3-7-17(13-19)16-6-1-4-15(12-16)5-2-9-21-23(32)20-14-18(24(33)31-34)10-11-22(20)30-29-21/h1,3-4,6-8,10-14,21,34H,2,5,9H2,(H,31,33). The molecule has 0 saturated carbocycles. The third kappa shape index (κ3) is 5.41. The normalized spacial score (nSPS) is 15.4. The summed E-state index contributed by atoms with van der Waals surface area (Å²) < 4.78 is 43.5.